The molecule has 0 saturated carbocycles. The van der Waals surface area contributed by atoms with Crippen molar-refractivity contribution in [1.29, 1.82) is 0 Å². The van der Waals surface area contributed by atoms with E-state index >= 15 is 0 Å². The summed E-state index contributed by atoms with van der Waals surface area (Å²) in [5.74, 6) is 0. The Balaban J connectivity index is 1.82. The fourth-order valence-electron chi connectivity index (χ4n) is 2.36. The smallest absolute Gasteiger partial charge is 0.0558 e. The van der Waals surface area contributed by atoms with Gasteiger partial charge in [0.25, 0.3) is 0 Å². The second kappa shape index (κ2) is 6.14. The quantitative estimate of drug-likeness (QED) is 0.797. The molecule has 0 aliphatic carbocycles. The largest absolute Gasteiger partial charge is 0.395 e. The molecule has 5 nitrogen and oxygen atoms in total. The third-order valence-electron chi connectivity index (χ3n) is 3.26. The lowest BCUT2D eigenvalue weighted by atomic mass is 10.3. The normalized spacial score (nSPS) is 19.4. The lowest BCUT2D eigenvalue weighted by Crippen LogP contribution is -2.32. The SMILES string of the molecule is Cn1cc(CN2CCCN(CCO)CC2)cn1. The summed E-state index contributed by atoms with van der Waals surface area (Å²) in [6.45, 7) is 6.43. The second-order valence-corrected chi connectivity index (χ2v) is 4.72. The molecule has 0 spiro atoms. The van der Waals surface area contributed by atoms with Gasteiger partial charge in [-0.15, -0.1) is 0 Å². The van der Waals surface area contributed by atoms with Crippen LogP contribution in [0.2, 0.25) is 0 Å². The summed E-state index contributed by atoms with van der Waals surface area (Å²) in [6.07, 6.45) is 5.20. The summed E-state index contributed by atoms with van der Waals surface area (Å²) >= 11 is 0. The number of aliphatic hydroxyl groups is 1. The number of nitrogens with zero attached hydrogens (tertiary/aromatic N) is 4. The molecule has 1 saturated heterocycles. The zero-order valence-corrected chi connectivity index (χ0v) is 10.5. The first-order valence-electron chi connectivity index (χ1n) is 6.31. The summed E-state index contributed by atoms with van der Waals surface area (Å²) in [7, 11) is 1.95. The van der Waals surface area contributed by atoms with Crippen molar-refractivity contribution in [3.05, 3.63) is 18.0 Å². The Labute approximate surface area is 103 Å². The molecule has 1 aliphatic heterocycles. The highest BCUT2D eigenvalue weighted by molar-refractivity contribution is 5.03. The Kier molecular flexibility index (Phi) is 4.53. The van der Waals surface area contributed by atoms with Crippen molar-refractivity contribution >= 4 is 0 Å². The first-order chi connectivity index (χ1) is 8.28. The van der Waals surface area contributed by atoms with Crippen molar-refractivity contribution in [3.8, 4) is 0 Å². The van der Waals surface area contributed by atoms with Crippen LogP contribution >= 0.6 is 0 Å². The summed E-state index contributed by atoms with van der Waals surface area (Å²) in [4.78, 5) is 4.80. The van der Waals surface area contributed by atoms with E-state index in [1.54, 1.807) is 0 Å². The standard InChI is InChI=1S/C12H22N4O/c1-14-10-12(9-13-14)11-16-4-2-3-15(5-6-16)7-8-17/h9-10,17H,2-8,11H2,1H3. The maximum Gasteiger partial charge on any atom is 0.0558 e. The minimum absolute atomic E-state index is 0.266. The van der Waals surface area contributed by atoms with Gasteiger partial charge in [-0.2, -0.15) is 5.10 Å². The molecule has 1 fully saturated rings. The molecular weight excluding hydrogens is 216 g/mol. The molecular formula is C12H22N4O. The Morgan fingerprint density at radius 2 is 2.00 bits per heavy atom. The van der Waals surface area contributed by atoms with Crippen molar-refractivity contribution < 1.29 is 5.11 Å². The van der Waals surface area contributed by atoms with E-state index in [4.69, 9.17) is 5.11 Å². The first kappa shape index (κ1) is 12.5. The average Bonchev–Trinajstić information content (AvgIpc) is 2.58. The van der Waals surface area contributed by atoms with Gasteiger partial charge < -0.3 is 5.11 Å². The van der Waals surface area contributed by atoms with E-state index in [2.05, 4.69) is 21.1 Å². The molecule has 5 heteroatoms. The molecule has 0 radical (unpaired) electrons. The van der Waals surface area contributed by atoms with Gasteiger partial charge in [0.1, 0.15) is 0 Å². The van der Waals surface area contributed by atoms with Crippen molar-refractivity contribution in [2.75, 3.05) is 39.3 Å². The van der Waals surface area contributed by atoms with E-state index in [-0.39, 0.29) is 6.61 Å². The summed E-state index contributed by atoms with van der Waals surface area (Å²) in [5.41, 5.74) is 1.28. The van der Waals surface area contributed by atoms with Gasteiger partial charge in [0.15, 0.2) is 0 Å². The number of hydrogen-bond donors (Lipinski definition) is 1. The molecule has 1 aromatic rings. The van der Waals surface area contributed by atoms with Crippen molar-refractivity contribution in [2.45, 2.75) is 13.0 Å². The highest BCUT2D eigenvalue weighted by atomic mass is 16.3. The second-order valence-electron chi connectivity index (χ2n) is 4.72. The van der Waals surface area contributed by atoms with Crippen molar-refractivity contribution in [2.24, 2.45) is 7.05 Å². The minimum atomic E-state index is 0.266. The van der Waals surface area contributed by atoms with Crippen LogP contribution in [0.5, 0.6) is 0 Å². The molecule has 96 valence electrons. The van der Waals surface area contributed by atoms with Crippen molar-refractivity contribution in [1.82, 2.24) is 19.6 Å². The van der Waals surface area contributed by atoms with Crippen molar-refractivity contribution in [3.63, 3.8) is 0 Å². The van der Waals surface area contributed by atoms with Crippen LogP contribution in [-0.4, -0.2) is 64.0 Å². The Morgan fingerprint density at radius 1 is 1.24 bits per heavy atom. The van der Waals surface area contributed by atoms with Crippen LogP contribution in [0.3, 0.4) is 0 Å². The maximum absolute atomic E-state index is 8.95. The van der Waals surface area contributed by atoms with Gasteiger partial charge in [0.2, 0.25) is 0 Å². The Morgan fingerprint density at radius 3 is 2.71 bits per heavy atom. The monoisotopic (exact) mass is 238 g/mol. The van der Waals surface area contributed by atoms with E-state index in [9.17, 15) is 0 Å². The Bertz CT molecular complexity index is 339. The number of aliphatic hydroxyl groups excluding tert-OH is 1. The summed E-state index contributed by atoms with van der Waals surface area (Å²) in [5, 5.41) is 13.1. The predicted molar refractivity (Wildman–Crippen MR) is 66.6 cm³/mol. The number of rotatable bonds is 4. The number of hydrogen-bond acceptors (Lipinski definition) is 4. The Hall–Kier alpha value is -0.910. The maximum atomic E-state index is 8.95. The summed E-state index contributed by atoms with van der Waals surface area (Å²) in [6, 6.07) is 0. The molecule has 1 N–H and O–H groups in total. The van der Waals surface area contributed by atoms with Gasteiger partial charge >= 0.3 is 0 Å². The van der Waals surface area contributed by atoms with Gasteiger partial charge in [-0.1, -0.05) is 0 Å². The van der Waals surface area contributed by atoms with Crippen LogP contribution in [0.15, 0.2) is 12.4 Å². The lowest BCUT2D eigenvalue weighted by molar-refractivity contribution is 0.196. The molecule has 2 rings (SSSR count). The first-order valence-corrected chi connectivity index (χ1v) is 6.31. The average molecular weight is 238 g/mol. The highest BCUT2D eigenvalue weighted by Crippen LogP contribution is 2.07. The molecule has 0 aromatic carbocycles. The molecule has 2 heterocycles. The molecule has 17 heavy (non-hydrogen) atoms. The molecule has 0 unspecified atom stereocenters. The van der Waals surface area contributed by atoms with E-state index in [0.717, 1.165) is 39.3 Å². The van der Waals surface area contributed by atoms with Crippen LogP contribution < -0.4 is 0 Å². The zero-order valence-electron chi connectivity index (χ0n) is 10.5. The predicted octanol–water partition coefficient (Wildman–Crippen LogP) is -0.0799. The molecule has 0 atom stereocenters. The van der Waals surface area contributed by atoms with E-state index < -0.39 is 0 Å². The third-order valence-corrected chi connectivity index (χ3v) is 3.26. The zero-order chi connectivity index (χ0) is 12.1. The van der Waals surface area contributed by atoms with Gasteiger partial charge in [0, 0.05) is 45.0 Å². The number of β-amino-alcohol motifs (C(OH)–C–C–N with tert-alkyl or cyclic N) is 1. The molecule has 0 bridgehead atoms. The summed E-state index contributed by atoms with van der Waals surface area (Å²) < 4.78 is 1.85. The highest BCUT2D eigenvalue weighted by Gasteiger charge is 2.14. The lowest BCUT2D eigenvalue weighted by Gasteiger charge is -2.20. The number of aryl methyl sites for hydroxylation is 1. The van der Waals surface area contributed by atoms with Gasteiger partial charge in [-0.25, -0.2) is 0 Å². The third kappa shape index (κ3) is 3.80. The van der Waals surface area contributed by atoms with Crippen LogP contribution in [-0.2, 0) is 13.6 Å². The topological polar surface area (TPSA) is 44.5 Å². The van der Waals surface area contributed by atoms with Gasteiger partial charge in [0.05, 0.1) is 12.8 Å². The van der Waals surface area contributed by atoms with Crippen LogP contribution in [0.4, 0.5) is 0 Å². The van der Waals surface area contributed by atoms with E-state index in [1.807, 2.05) is 17.9 Å². The molecule has 1 aliphatic rings. The van der Waals surface area contributed by atoms with Crippen LogP contribution in [0.1, 0.15) is 12.0 Å². The fourth-order valence-corrected chi connectivity index (χ4v) is 2.36. The van der Waals surface area contributed by atoms with Crippen LogP contribution in [0.25, 0.3) is 0 Å². The number of aromatic nitrogens is 2. The van der Waals surface area contributed by atoms with E-state index in [1.165, 1.54) is 12.0 Å². The minimum Gasteiger partial charge on any atom is -0.395 e. The van der Waals surface area contributed by atoms with Crippen LogP contribution in [0, 0.1) is 0 Å². The molecule has 0 amide bonds. The van der Waals surface area contributed by atoms with Gasteiger partial charge in [-0.05, 0) is 19.5 Å². The van der Waals surface area contributed by atoms with E-state index in [0.29, 0.717) is 0 Å². The van der Waals surface area contributed by atoms with Gasteiger partial charge in [-0.3, -0.25) is 14.5 Å². The fraction of sp³-hybridized carbons (Fsp3) is 0.750. The molecule has 1 aromatic heterocycles.